The Kier molecular flexibility index (Phi) is 2.27. The summed E-state index contributed by atoms with van der Waals surface area (Å²) in [6.07, 6.45) is 2.95. The van der Waals surface area contributed by atoms with Crippen molar-refractivity contribution in [3.05, 3.63) is 30.2 Å². The minimum Gasteiger partial charge on any atom is -0.387 e. The second kappa shape index (κ2) is 3.81. The van der Waals surface area contributed by atoms with Crippen LogP contribution in [0.3, 0.4) is 0 Å². The fraction of sp³-hybridized carbons (Fsp3) is 0.111. The van der Waals surface area contributed by atoms with E-state index in [2.05, 4.69) is 25.1 Å². The summed E-state index contributed by atoms with van der Waals surface area (Å²) in [6.45, 7) is 1.86. The summed E-state index contributed by atoms with van der Waals surface area (Å²) in [7, 11) is 0. The highest BCUT2D eigenvalue weighted by Crippen LogP contribution is 2.09. The lowest BCUT2D eigenvalue weighted by Gasteiger charge is -2.03. The second-order valence-corrected chi connectivity index (χ2v) is 4.04. The smallest absolute Gasteiger partial charge is 0.254 e. The van der Waals surface area contributed by atoms with E-state index < -0.39 is 0 Å². The van der Waals surface area contributed by atoms with Crippen molar-refractivity contribution in [3.63, 3.8) is 0 Å². The molecule has 0 atom stereocenters. The number of aromatic nitrogens is 7. The molecular formula is C9H8N8S. The van der Waals surface area contributed by atoms with Gasteiger partial charge in [0.05, 0.1) is 0 Å². The fourth-order valence-corrected chi connectivity index (χ4v) is 1.65. The Labute approximate surface area is 106 Å². The average Bonchev–Trinajstić information content (AvgIpc) is 2.95. The zero-order valence-electron chi connectivity index (χ0n) is 9.35. The molecule has 0 spiro atoms. The normalized spacial score (nSPS) is 10.9. The van der Waals surface area contributed by atoms with Gasteiger partial charge in [-0.3, -0.25) is 0 Å². The molecule has 0 fully saturated rings. The van der Waals surface area contributed by atoms with Crippen LogP contribution in [0.1, 0.15) is 11.5 Å². The minimum absolute atomic E-state index is 0.148. The molecule has 0 bridgehead atoms. The van der Waals surface area contributed by atoms with E-state index in [0.717, 1.165) is 5.69 Å². The van der Waals surface area contributed by atoms with Crippen LogP contribution >= 0.6 is 12.2 Å². The van der Waals surface area contributed by atoms with Crippen molar-refractivity contribution in [1.29, 1.82) is 0 Å². The molecule has 0 aliphatic heterocycles. The van der Waals surface area contributed by atoms with Crippen molar-refractivity contribution in [2.75, 3.05) is 0 Å². The van der Waals surface area contributed by atoms with Crippen molar-refractivity contribution < 1.29 is 0 Å². The Morgan fingerprint density at radius 2 is 2.22 bits per heavy atom. The van der Waals surface area contributed by atoms with Crippen LogP contribution in [0.5, 0.6) is 0 Å². The molecule has 0 unspecified atom stereocenters. The Morgan fingerprint density at radius 3 is 2.94 bits per heavy atom. The molecule has 0 aliphatic carbocycles. The highest BCUT2D eigenvalue weighted by atomic mass is 32.1. The highest BCUT2D eigenvalue weighted by Gasteiger charge is 2.10. The Bertz CT molecular complexity index is 742. The first-order chi connectivity index (χ1) is 8.65. The lowest BCUT2D eigenvalue weighted by molar-refractivity contribution is 0.774. The average molecular weight is 260 g/mol. The van der Waals surface area contributed by atoms with Gasteiger partial charge in [0.25, 0.3) is 5.78 Å². The van der Waals surface area contributed by atoms with Crippen LogP contribution in [0.4, 0.5) is 0 Å². The standard InChI is InChI=1S/C9H8N8S/c1-5-2-6(17-9(14-5)11-3-13-17)16-4-12-8(15-16)7(10)18/h2-4H,1H3,(H2,10,18). The molecule has 8 nitrogen and oxygen atoms in total. The topological polar surface area (TPSA) is 99.8 Å². The van der Waals surface area contributed by atoms with Crippen LogP contribution in [-0.2, 0) is 0 Å². The zero-order chi connectivity index (χ0) is 12.7. The van der Waals surface area contributed by atoms with Gasteiger partial charge in [-0.25, -0.2) is 14.6 Å². The van der Waals surface area contributed by atoms with E-state index in [-0.39, 0.29) is 4.99 Å². The third-order valence-corrected chi connectivity index (χ3v) is 2.49. The summed E-state index contributed by atoms with van der Waals surface area (Å²) in [5.41, 5.74) is 6.28. The quantitative estimate of drug-likeness (QED) is 0.628. The van der Waals surface area contributed by atoms with E-state index in [1.807, 2.05) is 13.0 Å². The number of nitrogens with zero attached hydrogens (tertiary/aromatic N) is 7. The number of thiocarbonyl (C=S) groups is 1. The number of aryl methyl sites for hydroxylation is 1. The van der Waals surface area contributed by atoms with Crippen LogP contribution in [0.15, 0.2) is 18.7 Å². The van der Waals surface area contributed by atoms with Crippen LogP contribution in [-0.4, -0.2) is 39.3 Å². The van der Waals surface area contributed by atoms with Gasteiger partial charge in [0.2, 0.25) is 5.82 Å². The molecule has 90 valence electrons. The molecular weight excluding hydrogens is 252 g/mol. The third kappa shape index (κ3) is 1.61. The molecule has 9 heteroatoms. The number of hydrogen-bond donors (Lipinski definition) is 1. The predicted molar refractivity (Wildman–Crippen MR) is 66.3 cm³/mol. The van der Waals surface area contributed by atoms with E-state index in [1.165, 1.54) is 17.3 Å². The highest BCUT2D eigenvalue weighted by molar-refractivity contribution is 7.80. The van der Waals surface area contributed by atoms with Crippen LogP contribution in [0.25, 0.3) is 11.6 Å². The number of fused-ring (bicyclic) bond motifs is 1. The van der Waals surface area contributed by atoms with Gasteiger partial charge >= 0.3 is 0 Å². The van der Waals surface area contributed by atoms with Crippen molar-refractivity contribution in [3.8, 4) is 5.82 Å². The molecule has 2 N–H and O–H groups in total. The Morgan fingerprint density at radius 1 is 1.39 bits per heavy atom. The molecule has 3 heterocycles. The van der Waals surface area contributed by atoms with Gasteiger partial charge in [-0.1, -0.05) is 12.2 Å². The van der Waals surface area contributed by atoms with Gasteiger partial charge in [0.15, 0.2) is 5.82 Å². The summed E-state index contributed by atoms with van der Waals surface area (Å²) in [6, 6.07) is 1.82. The van der Waals surface area contributed by atoms with E-state index in [0.29, 0.717) is 17.4 Å². The summed E-state index contributed by atoms with van der Waals surface area (Å²) in [5.74, 6) is 1.48. The maximum absolute atomic E-state index is 5.47. The molecule has 0 aliphatic rings. The van der Waals surface area contributed by atoms with Crippen molar-refractivity contribution >= 4 is 23.0 Å². The van der Waals surface area contributed by atoms with E-state index >= 15 is 0 Å². The third-order valence-electron chi connectivity index (χ3n) is 2.31. The van der Waals surface area contributed by atoms with Gasteiger partial charge < -0.3 is 5.73 Å². The zero-order valence-corrected chi connectivity index (χ0v) is 10.2. The minimum atomic E-state index is 0.148. The molecule has 0 radical (unpaired) electrons. The molecule has 18 heavy (non-hydrogen) atoms. The summed E-state index contributed by atoms with van der Waals surface area (Å²) < 4.78 is 3.09. The van der Waals surface area contributed by atoms with Gasteiger partial charge in [0.1, 0.15) is 17.6 Å². The summed E-state index contributed by atoms with van der Waals surface area (Å²) in [5, 5.41) is 8.25. The first-order valence-electron chi connectivity index (χ1n) is 5.04. The Balaban J connectivity index is 2.23. The van der Waals surface area contributed by atoms with E-state index in [9.17, 15) is 0 Å². The number of nitrogens with two attached hydrogens (primary N) is 1. The van der Waals surface area contributed by atoms with E-state index in [4.69, 9.17) is 18.0 Å². The molecule has 3 rings (SSSR count). The van der Waals surface area contributed by atoms with Crippen molar-refractivity contribution in [1.82, 2.24) is 34.3 Å². The summed E-state index contributed by atoms with van der Waals surface area (Å²) in [4.78, 5) is 12.4. The maximum atomic E-state index is 5.47. The second-order valence-electron chi connectivity index (χ2n) is 3.60. The van der Waals surface area contributed by atoms with Crippen molar-refractivity contribution in [2.24, 2.45) is 5.73 Å². The van der Waals surface area contributed by atoms with Crippen LogP contribution < -0.4 is 5.73 Å². The molecule has 3 aromatic heterocycles. The Hall–Kier alpha value is -2.42. The largest absolute Gasteiger partial charge is 0.387 e. The first kappa shape index (κ1) is 10.7. The van der Waals surface area contributed by atoms with Gasteiger partial charge in [-0.15, -0.1) is 5.10 Å². The summed E-state index contributed by atoms with van der Waals surface area (Å²) >= 11 is 4.82. The lowest BCUT2D eigenvalue weighted by Crippen LogP contribution is -2.13. The number of hydrogen-bond acceptors (Lipinski definition) is 6. The SMILES string of the molecule is Cc1cc(-n2cnc(C(N)=S)n2)n2ncnc2n1. The molecule has 0 amide bonds. The predicted octanol–water partition coefficient (Wildman–Crippen LogP) is -0.352. The first-order valence-corrected chi connectivity index (χ1v) is 5.45. The number of rotatable bonds is 2. The molecule has 0 saturated heterocycles. The van der Waals surface area contributed by atoms with Gasteiger partial charge in [-0.05, 0) is 6.92 Å². The maximum Gasteiger partial charge on any atom is 0.254 e. The van der Waals surface area contributed by atoms with Gasteiger partial charge in [0, 0.05) is 11.8 Å². The van der Waals surface area contributed by atoms with Crippen LogP contribution in [0, 0.1) is 6.92 Å². The van der Waals surface area contributed by atoms with E-state index in [1.54, 1.807) is 4.52 Å². The fourth-order valence-electron chi connectivity index (χ4n) is 1.56. The monoisotopic (exact) mass is 260 g/mol. The van der Waals surface area contributed by atoms with Crippen LogP contribution in [0.2, 0.25) is 0 Å². The molecule has 3 aromatic rings. The van der Waals surface area contributed by atoms with Gasteiger partial charge in [-0.2, -0.15) is 14.6 Å². The molecule has 0 saturated carbocycles. The lowest BCUT2D eigenvalue weighted by atomic mass is 10.4. The van der Waals surface area contributed by atoms with Crippen molar-refractivity contribution in [2.45, 2.75) is 6.92 Å². The molecule has 0 aromatic carbocycles.